The van der Waals surface area contributed by atoms with Gasteiger partial charge in [-0.05, 0) is 49.9 Å². The van der Waals surface area contributed by atoms with E-state index in [1.807, 2.05) is 12.1 Å². The number of carboxylic acid groups (broad SMARTS) is 1. The first kappa shape index (κ1) is 16.7. The summed E-state index contributed by atoms with van der Waals surface area (Å²) >= 11 is 0. The van der Waals surface area contributed by atoms with Crippen molar-refractivity contribution < 1.29 is 23.4 Å². The van der Waals surface area contributed by atoms with Crippen LogP contribution in [0, 0.1) is 19.8 Å². The van der Waals surface area contributed by atoms with Gasteiger partial charge in [0.15, 0.2) is 0 Å². The second kappa shape index (κ2) is 7.05. The quantitative estimate of drug-likeness (QED) is 0.907. The van der Waals surface area contributed by atoms with Crippen LogP contribution in [0.5, 0.6) is 5.75 Å². The average molecular weight is 313 g/mol. The van der Waals surface area contributed by atoms with Crippen molar-refractivity contribution in [2.75, 3.05) is 13.1 Å². The molecular formula is C16H21F2NO3. The SMILES string of the molecule is Cc1cc(CN2CCCC(C(=O)O)C2)cc(C)c1OC(F)F. The molecule has 1 atom stereocenters. The van der Waals surface area contributed by atoms with E-state index in [0.717, 1.165) is 18.5 Å². The Balaban J connectivity index is 2.08. The number of ether oxygens (including phenoxy) is 1. The Hall–Kier alpha value is -1.69. The van der Waals surface area contributed by atoms with E-state index >= 15 is 0 Å². The fourth-order valence-corrected chi connectivity index (χ4v) is 3.07. The highest BCUT2D eigenvalue weighted by molar-refractivity contribution is 5.70. The number of likely N-dealkylation sites (tertiary alicyclic amines) is 1. The number of aryl methyl sites for hydroxylation is 2. The molecule has 1 fully saturated rings. The molecule has 0 aliphatic carbocycles. The molecule has 0 amide bonds. The van der Waals surface area contributed by atoms with Crippen LogP contribution in [0.1, 0.15) is 29.5 Å². The number of benzene rings is 1. The summed E-state index contributed by atoms with van der Waals surface area (Å²) in [5.41, 5.74) is 2.33. The highest BCUT2D eigenvalue weighted by Crippen LogP contribution is 2.28. The number of carboxylic acids is 1. The number of hydrogen-bond donors (Lipinski definition) is 1. The molecule has 0 aromatic heterocycles. The Morgan fingerprint density at radius 1 is 1.41 bits per heavy atom. The molecule has 2 rings (SSSR count). The number of carbonyl (C=O) groups is 1. The van der Waals surface area contributed by atoms with Crippen LogP contribution in [0.25, 0.3) is 0 Å². The molecule has 1 aliphatic rings. The minimum atomic E-state index is -2.83. The molecule has 1 saturated heterocycles. The van der Waals surface area contributed by atoms with E-state index in [4.69, 9.17) is 5.11 Å². The number of rotatable bonds is 5. The van der Waals surface area contributed by atoms with Gasteiger partial charge in [0.2, 0.25) is 0 Å². The van der Waals surface area contributed by atoms with Gasteiger partial charge in [0.25, 0.3) is 0 Å². The number of piperidine rings is 1. The van der Waals surface area contributed by atoms with Crippen molar-refractivity contribution >= 4 is 5.97 Å². The molecular weight excluding hydrogens is 292 g/mol. The maximum Gasteiger partial charge on any atom is 0.387 e. The summed E-state index contributed by atoms with van der Waals surface area (Å²) in [6, 6.07) is 3.66. The van der Waals surface area contributed by atoms with E-state index in [1.165, 1.54) is 0 Å². The summed E-state index contributed by atoms with van der Waals surface area (Å²) in [5.74, 6) is -0.851. The van der Waals surface area contributed by atoms with E-state index < -0.39 is 12.6 Å². The van der Waals surface area contributed by atoms with Gasteiger partial charge in [-0.25, -0.2) is 0 Å². The van der Waals surface area contributed by atoms with E-state index in [9.17, 15) is 13.6 Å². The van der Waals surface area contributed by atoms with Crippen molar-refractivity contribution in [1.82, 2.24) is 4.90 Å². The van der Waals surface area contributed by atoms with E-state index in [-0.39, 0.29) is 11.7 Å². The van der Waals surface area contributed by atoms with Crippen LogP contribution in [0.3, 0.4) is 0 Å². The Labute approximate surface area is 128 Å². The number of nitrogens with zero attached hydrogens (tertiary/aromatic N) is 1. The van der Waals surface area contributed by atoms with E-state index in [2.05, 4.69) is 9.64 Å². The van der Waals surface area contributed by atoms with Gasteiger partial charge in [0, 0.05) is 13.1 Å². The van der Waals surface area contributed by atoms with Crippen molar-refractivity contribution in [2.24, 2.45) is 5.92 Å². The molecule has 0 bridgehead atoms. The molecule has 1 aliphatic heterocycles. The van der Waals surface area contributed by atoms with Crippen molar-refractivity contribution in [3.8, 4) is 5.75 Å². The normalized spacial score (nSPS) is 19.4. The Kier molecular flexibility index (Phi) is 5.34. The van der Waals surface area contributed by atoms with Crippen molar-refractivity contribution in [3.63, 3.8) is 0 Å². The molecule has 1 aromatic carbocycles. The zero-order chi connectivity index (χ0) is 16.3. The van der Waals surface area contributed by atoms with Crippen molar-refractivity contribution in [1.29, 1.82) is 0 Å². The molecule has 4 nitrogen and oxygen atoms in total. The molecule has 1 aromatic rings. The van der Waals surface area contributed by atoms with Crippen LogP contribution in [0.4, 0.5) is 8.78 Å². The minimum absolute atomic E-state index is 0.223. The van der Waals surface area contributed by atoms with Crippen LogP contribution in [0.2, 0.25) is 0 Å². The zero-order valence-electron chi connectivity index (χ0n) is 12.8. The van der Waals surface area contributed by atoms with Crippen molar-refractivity contribution in [2.45, 2.75) is 39.8 Å². The predicted octanol–water partition coefficient (Wildman–Crippen LogP) is 3.20. The number of aliphatic carboxylic acids is 1. The molecule has 1 heterocycles. The predicted molar refractivity (Wildman–Crippen MR) is 78.2 cm³/mol. The molecule has 1 unspecified atom stereocenters. The first-order chi connectivity index (χ1) is 10.4. The minimum Gasteiger partial charge on any atom is -0.481 e. The zero-order valence-corrected chi connectivity index (χ0v) is 12.8. The van der Waals surface area contributed by atoms with Crippen LogP contribution in [0.15, 0.2) is 12.1 Å². The monoisotopic (exact) mass is 313 g/mol. The average Bonchev–Trinajstić information content (AvgIpc) is 2.43. The van der Waals surface area contributed by atoms with Gasteiger partial charge >= 0.3 is 12.6 Å². The lowest BCUT2D eigenvalue weighted by atomic mass is 9.97. The Bertz CT molecular complexity index is 525. The molecule has 0 radical (unpaired) electrons. The number of alkyl halides is 2. The van der Waals surface area contributed by atoms with Gasteiger partial charge in [0.05, 0.1) is 5.92 Å². The maximum atomic E-state index is 12.4. The molecule has 0 saturated carbocycles. The topological polar surface area (TPSA) is 49.8 Å². The summed E-state index contributed by atoms with van der Waals surface area (Å²) in [7, 11) is 0. The van der Waals surface area contributed by atoms with E-state index in [0.29, 0.717) is 30.6 Å². The largest absolute Gasteiger partial charge is 0.481 e. The first-order valence-electron chi connectivity index (χ1n) is 7.37. The fraction of sp³-hybridized carbons (Fsp3) is 0.562. The summed E-state index contributed by atoms with van der Waals surface area (Å²) in [4.78, 5) is 13.2. The van der Waals surface area contributed by atoms with Gasteiger partial charge in [-0.1, -0.05) is 12.1 Å². The Morgan fingerprint density at radius 3 is 2.59 bits per heavy atom. The molecule has 22 heavy (non-hydrogen) atoms. The third kappa shape index (κ3) is 4.16. The van der Waals surface area contributed by atoms with Crippen LogP contribution in [-0.4, -0.2) is 35.7 Å². The lowest BCUT2D eigenvalue weighted by Gasteiger charge is -2.30. The highest BCUT2D eigenvalue weighted by Gasteiger charge is 2.25. The van der Waals surface area contributed by atoms with E-state index in [1.54, 1.807) is 13.8 Å². The Morgan fingerprint density at radius 2 is 2.05 bits per heavy atom. The van der Waals surface area contributed by atoms with Crippen LogP contribution < -0.4 is 4.74 Å². The second-order valence-corrected chi connectivity index (χ2v) is 5.85. The molecule has 0 spiro atoms. The van der Waals surface area contributed by atoms with Gasteiger partial charge in [-0.2, -0.15) is 8.78 Å². The van der Waals surface area contributed by atoms with Crippen LogP contribution >= 0.6 is 0 Å². The maximum absolute atomic E-state index is 12.4. The number of hydrogen-bond acceptors (Lipinski definition) is 3. The lowest BCUT2D eigenvalue weighted by molar-refractivity contribution is -0.143. The molecule has 122 valence electrons. The van der Waals surface area contributed by atoms with Gasteiger partial charge in [0.1, 0.15) is 5.75 Å². The third-order valence-corrected chi connectivity index (χ3v) is 3.99. The van der Waals surface area contributed by atoms with Gasteiger partial charge < -0.3 is 9.84 Å². The van der Waals surface area contributed by atoms with Crippen molar-refractivity contribution in [3.05, 3.63) is 28.8 Å². The van der Waals surface area contributed by atoms with Gasteiger partial charge in [-0.15, -0.1) is 0 Å². The first-order valence-corrected chi connectivity index (χ1v) is 7.37. The summed E-state index contributed by atoms with van der Waals surface area (Å²) < 4.78 is 29.3. The third-order valence-electron chi connectivity index (χ3n) is 3.99. The molecule has 6 heteroatoms. The summed E-state index contributed by atoms with van der Waals surface area (Å²) in [5, 5.41) is 9.12. The fourth-order valence-electron chi connectivity index (χ4n) is 3.07. The lowest BCUT2D eigenvalue weighted by Crippen LogP contribution is -2.38. The second-order valence-electron chi connectivity index (χ2n) is 5.85. The number of halogens is 2. The standard InChI is InChI=1S/C16H21F2NO3/c1-10-6-12(7-11(2)14(10)22-16(17)18)8-19-5-3-4-13(9-19)15(20)21/h6-7,13,16H,3-5,8-9H2,1-2H3,(H,20,21). The van der Waals surface area contributed by atoms with Crippen LogP contribution in [-0.2, 0) is 11.3 Å². The highest BCUT2D eigenvalue weighted by atomic mass is 19.3. The summed E-state index contributed by atoms with van der Waals surface area (Å²) in [6.07, 6.45) is 1.58. The van der Waals surface area contributed by atoms with Gasteiger partial charge in [-0.3, -0.25) is 9.69 Å². The smallest absolute Gasteiger partial charge is 0.387 e. The molecule has 1 N–H and O–H groups in total. The summed E-state index contributed by atoms with van der Waals surface area (Å²) in [6.45, 7) is 2.66.